The molecule has 3 aromatic rings. The molecule has 2 aromatic heterocycles. The van der Waals surface area contributed by atoms with E-state index >= 15 is 0 Å². The van der Waals surface area contributed by atoms with Crippen molar-refractivity contribution in [2.45, 2.75) is 6.54 Å². The number of aromatic nitrogens is 2. The predicted octanol–water partition coefficient (Wildman–Crippen LogP) is 3.21. The molecule has 7 heteroatoms. The van der Waals surface area contributed by atoms with Crippen LogP contribution in [0, 0.1) is 5.82 Å². The largest absolute Gasteiger partial charge is 0.343 e. The monoisotopic (exact) mass is 317 g/mol. The quantitative estimate of drug-likeness (QED) is 0.741. The number of hydrogen-bond donors (Lipinski definition) is 0. The van der Waals surface area contributed by atoms with E-state index in [0.29, 0.717) is 10.7 Å². The smallest absolute Gasteiger partial charge is 0.264 e. The highest BCUT2D eigenvalue weighted by molar-refractivity contribution is 7.17. The van der Waals surface area contributed by atoms with Gasteiger partial charge in [-0.25, -0.2) is 4.39 Å². The second-order valence-corrected chi connectivity index (χ2v) is 5.76. The molecule has 0 unspecified atom stereocenters. The zero-order chi connectivity index (χ0) is 15.5. The Morgan fingerprint density at radius 1 is 1.27 bits per heavy atom. The van der Waals surface area contributed by atoms with Crippen molar-refractivity contribution in [2.24, 2.45) is 0 Å². The van der Waals surface area contributed by atoms with E-state index in [4.69, 9.17) is 0 Å². The van der Waals surface area contributed by atoms with Gasteiger partial charge < -0.3 is 9.42 Å². The molecule has 0 aliphatic carbocycles. The van der Waals surface area contributed by atoms with Crippen LogP contribution in [0.25, 0.3) is 10.4 Å². The summed E-state index contributed by atoms with van der Waals surface area (Å²) in [6.45, 7) is 0.277. The second kappa shape index (κ2) is 6.07. The number of benzene rings is 1. The lowest BCUT2D eigenvalue weighted by Gasteiger charge is -2.13. The summed E-state index contributed by atoms with van der Waals surface area (Å²) in [6.07, 6.45) is 1.23. The number of amides is 1. The number of thiophene rings is 1. The molecule has 0 atom stereocenters. The molecule has 3 rings (SSSR count). The molecule has 0 saturated carbocycles. The van der Waals surface area contributed by atoms with Crippen molar-refractivity contribution < 1.29 is 13.7 Å². The molecule has 1 amide bonds. The first-order valence-electron chi connectivity index (χ1n) is 6.50. The Labute approximate surface area is 130 Å². The summed E-state index contributed by atoms with van der Waals surface area (Å²) in [5, 5.41) is 3.68. The van der Waals surface area contributed by atoms with E-state index in [2.05, 4.69) is 14.7 Å². The van der Waals surface area contributed by atoms with Gasteiger partial charge in [0.25, 0.3) is 5.91 Å². The number of carbonyl (C=O) groups excluding carboxylic acids is 1. The van der Waals surface area contributed by atoms with Gasteiger partial charge in [-0.05, 0) is 29.8 Å². The first-order valence-corrected chi connectivity index (χ1v) is 7.31. The van der Waals surface area contributed by atoms with Crippen LogP contribution in [0.5, 0.6) is 0 Å². The lowest BCUT2D eigenvalue weighted by Crippen LogP contribution is -2.25. The number of halogens is 1. The molecule has 2 heterocycles. The van der Waals surface area contributed by atoms with Gasteiger partial charge in [0.15, 0.2) is 5.82 Å². The van der Waals surface area contributed by atoms with Crippen LogP contribution < -0.4 is 0 Å². The van der Waals surface area contributed by atoms with Crippen molar-refractivity contribution in [1.82, 2.24) is 15.0 Å². The van der Waals surface area contributed by atoms with E-state index in [1.165, 1.54) is 34.8 Å². The van der Waals surface area contributed by atoms with Crippen LogP contribution in [0.4, 0.5) is 4.39 Å². The fourth-order valence-corrected chi connectivity index (χ4v) is 2.96. The maximum absolute atomic E-state index is 12.9. The number of rotatable bonds is 4. The second-order valence-electron chi connectivity index (χ2n) is 4.68. The van der Waals surface area contributed by atoms with Gasteiger partial charge in [0, 0.05) is 11.9 Å². The van der Waals surface area contributed by atoms with Crippen molar-refractivity contribution in [1.29, 1.82) is 0 Å². The van der Waals surface area contributed by atoms with Crippen molar-refractivity contribution in [3.8, 4) is 10.4 Å². The molecule has 0 aliphatic rings. The third kappa shape index (κ3) is 3.04. The van der Waals surface area contributed by atoms with E-state index in [0.717, 1.165) is 10.4 Å². The zero-order valence-electron chi connectivity index (χ0n) is 11.7. The topological polar surface area (TPSA) is 59.2 Å². The molecule has 22 heavy (non-hydrogen) atoms. The molecule has 0 N–H and O–H groups in total. The Morgan fingerprint density at radius 3 is 2.73 bits per heavy atom. The molecule has 112 valence electrons. The molecule has 1 aromatic carbocycles. The molecule has 0 saturated heterocycles. The van der Waals surface area contributed by atoms with Gasteiger partial charge in [-0.2, -0.15) is 4.98 Å². The highest BCUT2D eigenvalue weighted by Crippen LogP contribution is 2.29. The molecule has 0 radical (unpaired) electrons. The van der Waals surface area contributed by atoms with E-state index in [9.17, 15) is 9.18 Å². The fraction of sp³-hybridized carbons (Fsp3) is 0.133. The third-order valence-corrected chi connectivity index (χ3v) is 4.20. The summed E-state index contributed by atoms with van der Waals surface area (Å²) in [5.41, 5.74) is 0.881. The average molecular weight is 317 g/mol. The molecule has 5 nitrogen and oxygen atoms in total. The van der Waals surface area contributed by atoms with Gasteiger partial charge in [0.05, 0.1) is 11.4 Å². The van der Waals surface area contributed by atoms with Crippen LogP contribution >= 0.6 is 11.3 Å². The molecular formula is C15H12FN3O2S. The molecule has 0 bridgehead atoms. The third-order valence-electron chi connectivity index (χ3n) is 3.08. The van der Waals surface area contributed by atoms with E-state index in [-0.39, 0.29) is 18.3 Å². The van der Waals surface area contributed by atoms with Gasteiger partial charge in [-0.1, -0.05) is 17.3 Å². The Hall–Kier alpha value is -2.54. The molecular weight excluding hydrogens is 305 g/mol. The van der Waals surface area contributed by atoms with Crippen LogP contribution in [0.15, 0.2) is 47.3 Å². The lowest BCUT2D eigenvalue weighted by atomic mass is 10.2. The minimum absolute atomic E-state index is 0.122. The molecule has 0 aliphatic heterocycles. The summed E-state index contributed by atoms with van der Waals surface area (Å²) in [5.74, 6) is 0.0470. The normalized spacial score (nSPS) is 10.6. The maximum atomic E-state index is 12.9. The number of hydrogen-bond acceptors (Lipinski definition) is 5. The SMILES string of the molecule is CN(Cc1ncon1)C(=O)c1ccc(-c2ccc(F)cc2)s1. The van der Waals surface area contributed by atoms with Crippen molar-refractivity contribution in [3.05, 3.63) is 59.3 Å². The van der Waals surface area contributed by atoms with Crippen molar-refractivity contribution in [2.75, 3.05) is 7.05 Å². The minimum Gasteiger partial charge on any atom is -0.343 e. The van der Waals surface area contributed by atoms with Gasteiger partial charge in [-0.15, -0.1) is 11.3 Å². The fourth-order valence-electron chi connectivity index (χ4n) is 1.96. The van der Waals surface area contributed by atoms with Crippen LogP contribution in [0.1, 0.15) is 15.5 Å². The first-order chi connectivity index (χ1) is 10.6. The highest BCUT2D eigenvalue weighted by atomic mass is 32.1. The molecule has 0 spiro atoms. The Bertz CT molecular complexity index is 768. The summed E-state index contributed by atoms with van der Waals surface area (Å²) >= 11 is 1.36. The first kappa shape index (κ1) is 14.4. The van der Waals surface area contributed by atoms with Crippen LogP contribution in [-0.2, 0) is 6.54 Å². The van der Waals surface area contributed by atoms with Gasteiger partial charge in [-0.3, -0.25) is 4.79 Å². The summed E-state index contributed by atoms with van der Waals surface area (Å²) in [7, 11) is 1.68. The number of nitrogens with zero attached hydrogens (tertiary/aromatic N) is 3. The average Bonchev–Trinajstić information content (AvgIpc) is 3.18. The minimum atomic E-state index is -0.281. The standard InChI is InChI=1S/C15H12FN3O2S/c1-19(8-14-17-9-21-18-14)15(20)13-7-6-12(22-13)10-2-4-11(16)5-3-10/h2-7,9H,8H2,1H3. The van der Waals surface area contributed by atoms with Gasteiger partial charge in [0.1, 0.15) is 5.82 Å². The summed E-state index contributed by atoms with van der Waals surface area (Å²) in [6, 6.07) is 9.81. The lowest BCUT2D eigenvalue weighted by molar-refractivity contribution is 0.0785. The summed E-state index contributed by atoms with van der Waals surface area (Å²) in [4.78, 5) is 19.3. The highest BCUT2D eigenvalue weighted by Gasteiger charge is 2.16. The Balaban J connectivity index is 1.75. The maximum Gasteiger partial charge on any atom is 0.264 e. The van der Waals surface area contributed by atoms with Crippen molar-refractivity contribution >= 4 is 17.2 Å². The Kier molecular flexibility index (Phi) is 3.97. The van der Waals surface area contributed by atoms with E-state index in [1.54, 1.807) is 25.2 Å². The van der Waals surface area contributed by atoms with Crippen LogP contribution in [0.3, 0.4) is 0 Å². The zero-order valence-corrected chi connectivity index (χ0v) is 12.5. The van der Waals surface area contributed by atoms with E-state index < -0.39 is 0 Å². The van der Waals surface area contributed by atoms with Crippen molar-refractivity contribution in [3.63, 3.8) is 0 Å². The Morgan fingerprint density at radius 2 is 2.05 bits per heavy atom. The van der Waals surface area contributed by atoms with Gasteiger partial charge >= 0.3 is 0 Å². The summed E-state index contributed by atoms with van der Waals surface area (Å²) < 4.78 is 17.6. The van der Waals surface area contributed by atoms with Crippen LogP contribution in [0.2, 0.25) is 0 Å². The number of carbonyl (C=O) groups is 1. The predicted molar refractivity (Wildman–Crippen MR) is 79.8 cm³/mol. The van der Waals surface area contributed by atoms with Gasteiger partial charge in [0.2, 0.25) is 6.39 Å². The van der Waals surface area contributed by atoms with E-state index in [1.807, 2.05) is 6.07 Å². The molecule has 0 fully saturated rings. The van der Waals surface area contributed by atoms with Crippen LogP contribution in [-0.4, -0.2) is 28.0 Å².